The smallest absolute Gasteiger partial charge is 0.329 e. The van der Waals surface area contributed by atoms with Crippen molar-refractivity contribution < 1.29 is 32.7 Å². The van der Waals surface area contributed by atoms with Crippen LogP contribution in [0.25, 0.3) is 33.1 Å². The van der Waals surface area contributed by atoms with E-state index in [4.69, 9.17) is 5.10 Å². The number of amides is 3. The molecule has 3 N–H and O–H groups in total. The van der Waals surface area contributed by atoms with Crippen LogP contribution in [0.1, 0.15) is 109 Å². The summed E-state index contributed by atoms with van der Waals surface area (Å²) in [7, 11) is 1.72. The highest BCUT2D eigenvalue weighted by atomic mass is 19.2. The second kappa shape index (κ2) is 16.2. The number of piperidine rings is 1. The third-order valence-electron chi connectivity index (χ3n) is 13.7. The van der Waals surface area contributed by atoms with E-state index >= 15 is 0 Å². The van der Waals surface area contributed by atoms with Crippen molar-refractivity contribution in [2.45, 2.75) is 95.3 Å². The van der Waals surface area contributed by atoms with Crippen LogP contribution in [0.15, 0.2) is 65.5 Å². The summed E-state index contributed by atoms with van der Waals surface area (Å²) in [6.07, 6.45) is 7.91. The van der Waals surface area contributed by atoms with Gasteiger partial charge in [-0.25, -0.2) is 13.6 Å². The number of nitrogens with zero attached hydrogens (tertiary/aromatic N) is 5. The standard InChI is InChI=1S/C48H48F3N7O5/c1-55-40-19-26(6-15-38(40)57(48(55)63)39-16-17-41(59)53-47(39)62)3-2-18-56-24-31-10-9-29(20-32(31)25-56)30-11-14-34-37(21-30)54-58(44(34)28-7-8-28)33-12-4-27(5-13-33)23-52-46(61)35-22-36(49)45(60)43(51)42(35)50/h6,9-11,14-15,19-22,27-28,33,39,60H,2-5,7-8,12-13,16-18,23-25H2,1H3,(H,52,61)(H,53,59,62)/t27?,33?,39-/m1/s1. The number of nitrogens with one attached hydrogen (secondary N) is 2. The van der Waals surface area contributed by atoms with Gasteiger partial charge in [0.15, 0.2) is 17.4 Å². The highest BCUT2D eigenvalue weighted by Gasteiger charge is 2.35. The van der Waals surface area contributed by atoms with Gasteiger partial charge < -0.3 is 10.4 Å². The second-order valence-corrected chi connectivity index (χ2v) is 17.9. The van der Waals surface area contributed by atoms with E-state index < -0.39 is 46.6 Å². The Hall–Kier alpha value is -6.22. The van der Waals surface area contributed by atoms with Gasteiger partial charge in [0, 0.05) is 50.1 Å². The lowest BCUT2D eigenvalue weighted by atomic mass is 9.85. The summed E-state index contributed by atoms with van der Waals surface area (Å²) in [5.41, 5.74) is 8.75. The zero-order valence-electron chi connectivity index (χ0n) is 34.9. The van der Waals surface area contributed by atoms with Crippen LogP contribution in [0, 0.1) is 23.4 Å². The highest BCUT2D eigenvalue weighted by Crippen LogP contribution is 2.46. The van der Waals surface area contributed by atoms with Crippen molar-refractivity contribution in [2.24, 2.45) is 13.0 Å². The molecule has 6 aromatic rings. The summed E-state index contributed by atoms with van der Waals surface area (Å²) in [4.78, 5) is 52.6. The molecule has 2 aromatic heterocycles. The molecule has 2 saturated carbocycles. The first-order valence-corrected chi connectivity index (χ1v) is 22.0. The Morgan fingerprint density at radius 2 is 1.62 bits per heavy atom. The van der Waals surface area contributed by atoms with Crippen molar-refractivity contribution in [3.63, 3.8) is 0 Å². The van der Waals surface area contributed by atoms with E-state index in [0.29, 0.717) is 23.9 Å². The fourth-order valence-corrected chi connectivity index (χ4v) is 10.1. The maximum atomic E-state index is 14.3. The molecule has 63 heavy (non-hydrogen) atoms. The first kappa shape index (κ1) is 40.8. The van der Waals surface area contributed by atoms with E-state index in [2.05, 4.69) is 56.6 Å². The van der Waals surface area contributed by atoms with Crippen LogP contribution in [0.5, 0.6) is 5.75 Å². The minimum absolute atomic E-state index is 0.124. The van der Waals surface area contributed by atoms with Gasteiger partial charge in [0.2, 0.25) is 17.6 Å². The molecule has 3 fully saturated rings. The third kappa shape index (κ3) is 7.59. The summed E-state index contributed by atoms with van der Waals surface area (Å²) in [6, 6.07) is 19.4. The average molecular weight is 860 g/mol. The Kier molecular flexibility index (Phi) is 10.5. The summed E-state index contributed by atoms with van der Waals surface area (Å²) in [6.45, 7) is 2.92. The zero-order valence-corrected chi connectivity index (χ0v) is 34.9. The summed E-state index contributed by atoms with van der Waals surface area (Å²) in [5.74, 6) is -7.24. The number of imidazole rings is 1. The summed E-state index contributed by atoms with van der Waals surface area (Å²) >= 11 is 0. The van der Waals surface area contributed by atoms with Gasteiger partial charge in [-0.2, -0.15) is 9.49 Å². The Morgan fingerprint density at radius 1 is 0.857 bits per heavy atom. The molecule has 2 aliphatic heterocycles. The van der Waals surface area contributed by atoms with Crippen LogP contribution in [-0.4, -0.2) is 59.7 Å². The summed E-state index contributed by atoms with van der Waals surface area (Å²) < 4.78 is 47.3. The molecule has 0 radical (unpaired) electrons. The number of carbonyl (C=O) groups excluding carboxylic acids is 3. The molecule has 0 bridgehead atoms. The van der Waals surface area contributed by atoms with Crippen LogP contribution in [0.2, 0.25) is 0 Å². The molecule has 0 spiro atoms. The topological polar surface area (TPSA) is 143 Å². The van der Waals surface area contributed by atoms with Crippen LogP contribution in [0.4, 0.5) is 13.2 Å². The highest BCUT2D eigenvalue weighted by molar-refractivity contribution is 6.00. The lowest BCUT2D eigenvalue weighted by Crippen LogP contribution is -2.44. The van der Waals surface area contributed by atoms with Crippen molar-refractivity contribution in [2.75, 3.05) is 13.1 Å². The number of hydrogen-bond acceptors (Lipinski definition) is 7. The molecular weight excluding hydrogens is 812 g/mol. The molecule has 1 saturated heterocycles. The van der Waals surface area contributed by atoms with E-state index in [1.165, 1.54) is 26.8 Å². The molecule has 4 heterocycles. The van der Waals surface area contributed by atoms with Gasteiger partial charge in [-0.1, -0.05) is 30.3 Å². The number of benzene rings is 4. The minimum Gasteiger partial charge on any atom is -0.503 e. The minimum atomic E-state index is -1.78. The van der Waals surface area contributed by atoms with E-state index in [0.717, 1.165) is 98.7 Å². The largest absolute Gasteiger partial charge is 0.503 e. The fourth-order valence-electron chi connectivity index (χ4n) is 10.1. The average Bonchev–Trinajstić information content (AvgIpc) is 3.85. The van der Waals surface area contributed by atoms with Crippen molar-refractivity contribution in [1.82, 2.24) is 34.4 Å². The Bertz CT molecular complexity index is 2910. The molecule has 2 aliphatic carbocycles. The number of fused-ring (bicyclic) bond motifs is 3. The van der Waals surface area contributed by atoms with Crippen molar-refractivity contribution in [3.8, 4) is 16.9 Å². The lowest BCUT2D eigenvalue weighted by Gasteiger charge is -2.30. The Labute approximate surface area is 360 Å². The van der Waals surface area contributed by atoms with Gasteiger partial charge in [-0.05, 0) is 128 Å². The second-order valence-electron chi connectivity index (χ2n) is 17.9. The third-order valence-corrected chi connectivity index (χ3v) is 13.7. The lowest BCUT2D eigenvalue weighted by molar-refractivity contribution is -0.135. The molecule has 326 valence electrons. The molecular formula is C48H48F3N7O5. The van der Waals surface area contributed by atoms with E-state index in [1.54, 1.807) is 11.6 Å². The normalized spacial score (nSPS) is 20.4. The molecule has 0 unspecified atom stereocenters. The molecule has 15 heteroatoms. The van der Waals surface area contributed by atoms with E-state index in [1.807, 2.05) is 18.2 Å². The molecule has 12 nitrogen and oxygen atoms in total. The predicted molar refractivity (Wildman–Crippen MR) is 229 cm³/mol. The van der Waals surface area contributed by atoms with Crippen molar-refractivity contribution in [3.05, 3.63) is 117 Å². The van der Waals surface area contributed by atoms with Crippen LogP contribution >= 0.6 is 0 Å². The SMILES string of the molecule is Cn1c(=O)n([C@@H]2CCC(=O)NC2=O)c2ccc(CCCN3Cc4ccc(-c5ccc6c(C7CC7)n(C7CCC(CNC(=O)c8cc(F)c(O)c(F)c8F)CC7)nc6c5)cc4C3)cc21. The molecule has 3 amide bonds. The Morgan fingerprint density at radius 3 is 2.40 bits per heavy atom. The number of phenols is 1. The number of imide groups is 1. The van der Waals surface area contributed by atoms with Crippen molar-refractivity contribution in [1.29, 1.82) is 0 Å². The zero-order chi connectivity index (χ0) is 43.7. The van der Waals surface area contributed by atoms with Gasteiger partial charge >= 0.3 is 5.69 Å². The summed E-state index contributed by atoms with van der Waals surface area (Å²) in [5, 5.41) is 20.7. The van der Waals surface area contributed by atoms with Crippen molar-refractivity contribution >= 4 is 39.7 Å². The number of hydrogen-bond donors (Lipinski definition) is 3. The van der Waals surface area contributed by atoms with Crippen LogP contribution in [0.3, 0.4) is 0 Å². The number of carbonyl (C=O) groups is 3. The number of rotatable bonds is 11. The van der Waals surface area contributed by atoms with E-state index in [-0.39, 0.29) is 36.5 Å². The van der Waals surface area contributed by atoms with E-state index in [9.17, 15) is 37.5 Å². The number of phenolic OH excluding ortho intramolecular Hbond substituents is 1. The molecule has 4 aromatic carbocycles. The van der Waals surface area contributed by atoms with Gasteiger partial charge in [0.25, 0.3) is 5.91 Å². The number of aromatic hydroxyl groups is 1. The number of aryl methyl sites for hydroxylation is 2. The fraction of sp³-hybridized carbons (Fsp3) is 0.396. The first-order chi connectivity index (χ1) is 30.4. The Balaban J connectivity index is 0.765. The number of halogens is 3. The van der Waals surface area contributed by atoms with Gasteiger partial charge in [-0.15, -0.1) is 0 Å². The van der Waals surface area contributed by atoms with Gasteiger partial charge in [0.1, 0.15) is 6.04 Å². The molecule has 4 aliphatic rings. The van der Waals surface area contributed by atoms with Crippen LogP contribution < -0.4 is 16.3 Å². The maximum Gasteiger partial charge on any atom is 0.329 e. The van der Waals surface area contributed by atoms with Crippen LogP contribution in [-0.2, 0) is 36.1 Å². The van der Waals surface area contributed by atoms with Gasteiger partial charge in [0.05, 0.1) is 28.2 Å². The number of aromatic nitrogens is 4. The maximum absolute atomic E-state index is 14.3. The molecule has 10 rings (SSSR count). The predicted octanol–water partition coefficient (Wildman–Crippen LogP) is 7.44. The monoisotopic (exact) mass is 859 g/mol. The van der Waals surface area contributed by atoms with Gasteiger partial charge in [-0.3, -0.25) is 38.4 Å². The molecule has 1 atom stereocenters. The quantitative estimate of drug-likeness (QED) is 0.0908. The first-order valence-electron chi connectivity index (χ1n) is 22.0.